The van der Waals surface area contributed by atoms with Crippen LogP contribution in [0.15, 0.2) is 24.3 Å². The van der Waals surface area contributed by atoms with E-state index in [4.69, 9.17) is 0 Å². The van der Waals surface area contributed by atoms with Gasteiger partial charge in [0.25, 0.3) is 0 Å². The molecule has 0 heterocycles. The molecule has 0 spiro atoms. The second-order valence-corrected chi connectivity index (χ2v) is 8.50. The van der Waals surface area contributed by atoms with Crippen molar-refractivity contribution in [1.29, 1.82) is 0 Å². The van der Waals surface area contributed by atoms with Crippen LogP contribution in [-0.2, 0) is 6.42 Å². The van der Waals surface area contributed by atoms with Gasteiger partial charge in [-0.2, -0.15) is 0 Å². The smallest absolute Gasteiger partial charge is 0.159 e. The molecule has 0 radical (unpaired) electrons. The van der Waals surface area contributed by atoms with Crippen molar-refractivity contribution in [3.8, 4) is 0 Å². The first-order chi connectivity index (χ1) is 14.0. The lowest BCUT2D eigenvalue weighted by Gasteiger charge is -2.29. The summed E-state index contributed by atoms with van der Waals surface area (Å²) in [5.74, 6) is -2.02. The van der Waals surface area contributed by atoms with E-state index in [1.165, 1.54) is 31.0 Å². The van der Waals surface area contributed by atoms with Crippen LogP contribution in [0.3, 0.4) is 0 Å². The lowest BCUT2D eigenvalue weighted by molar-refractivity contribution is 0.307. The predicted octanol–water partition coefficient (Wildman–Crippen LogP) is 7.80. The van der Waals surface area contributed by atoms with Gasteiger partial charge in [-0.15, -0.1) is 0 Å². The summed E-state index contributed by atoms with van der Waals surface area (Å²) >= 11 is 0. The number of hydrogen-bond donors (Lipinski definition) is 0. The summed E-state index contributed by atoms with van der Waals surface area (Å²) in [5, 5.41) is 0. The Kier molecular flexibility index (Phi) is 5.80. The molecule has 1 saturated carbocycles. The monoisotopic (exact) mass is 402 g/mol. The van der Waals surface area contributed by atoms with Gasteiger partial charge in [-0.3, -0.25) is 0 Å². The van der Waals surface area contributed by atoms with Gasteiger partial charge in [0, 0.05) is 5.56 Å². The van der Waals surface area contributed by atoms with E-state index in [0.29, 0.717) is 29.5 Å². The van der Waals surface area contributed by atoms with Gasteiger partial charge in [0.1, 0.15) is 11.6 Å². The molecule has 0 bridgehead atoms. The van der Waals surface area contributed by atoms with Crippen LogP contribution in [0.2, 0.25) is 0 Å². The highest BCUT2D eigenvalue weighted by atomic mass is 19.2. The molecule has 0 N–H and O–H groups in total. The molecule has 0 amide bonds. The predicted molar refractivity (Wildman–Crippen MR) is 109 cm³/mol. The Labute approximate surface area is 169 Å². The summed E-state index contributed by atoms with van der Waals surface area (Å²) in [5.41, 5.74) is 2.35. The van der Waals surface area contributed by atoms with Crippen molar-refractivity contribution in [3.05, 3.63) is 69.8 Å². The second-order valence-electron chi connectivity index (χ2n) is 8.50. The van der Waals surface area contributed by atoms with E-state index in [9.17, 15) is 17.6 Å². The summed E-state index contributed by atoms with van der Waals surface area (Å²) in [4.78, 5) is 0. The molecule has 4 rings (SSSR count). The Bertz CT molecular complexity index is 913. The summed E-state index contributed by atoms with van der Waals surface area (Å²) in [6.45, 7) is 2.19. The maximum Gasteiger partial charge on any atom is 0.159 e. The molecule has 0 aromatic heterocycles. The van der Waals surface area contributed by atoms with Crippen LogP contribution in [-0.4, -0.2) is 0 Å². The number of halogens is 4. The molecule has 2 aliphatic rings. The maximum absolute atomic E-state index is 15.0. The maximum atomic E-state index is 15.0. The molecule has 29 heavy (non-hydrogen) atoms. The topological polar surface area (TPSA) is 0 Å². The fraction of sp³-hybridized carbons (Fsp3) is 0.440. The van der Waals surface area contributed by atoms with E-state index < -0.39 is 23.3 Å². The molecule has 0 unspecified atom stereocenters. The van der Waals surface area contributed by atoms with Crippen LogP contribution in [0.1, 0.15) is 80.0 Å². The summed E-state index contributed by atoms with van der Waals surface area (Å²) in [6, 6.07) is 5.22. The zero-order valence-electron chi connectivity index (χ0n) is 16.7. The van der Waals surface area contributed by atoms with Gasteiger partial charge >= 0.3 is 0 Å². The Morgan fingerprint density at radius 1 is 0.793 bits per heavy atom. The first-order valence-corrected chi connectivity index (χ1v) is 10.6. The van der Waals surface area contributed by atoms with Crippen molar-refractivity contribution >= 4 is 11.6 Å². The number of fused-ring (bicyclic) bond motifs is 1. The molecule has 2 aromatic carbocycles. The molecule has 0 aliphatic heterocycles. The van der Waals surface area contributed by atoms with Crippen molar-refractivity contribution in [2.75, 3.05) is 0 Å². The Balaban J connectivity index is 1.60. The molecule has 2 aliphatic carbocycles. The first kappa shape index (κ1) is 20.2. The molecule has 0 saturated heterocycles. The van der Waals surface area contributed by atoms with Crippen LogP contribution in [0, 0.1) is 29.2 Å². The van der Waals surface area contributed by atoms with E-state index in [-0.39, 0.29) is 11.5 Å². The van der Waals surface area contributed by atoms with Gasteiger partial charge < -0.3 is 0 Å². The van der Waals surface area contributed by atoms with Gasteiger partial charge in [-0.25, -0.2) is 17.6 Å². The van der Waals surface area contributed by atoms with Gasteiger partial charge in [0.05, 0.1) is 0 Å². The molecule has 4 heteroatoms. The van der Waals surface area contributed by atoms with E-state index in [1.54, 1.807) is 6.08 Å². The van der Waals surface area contributed by atoms with Gasteiger partial charge in [-0.1, -0.05) is 25.8 Å². The molecular formula is C25H26F4. The first-order valence-electron chi connectivity index (χ1n) is 10.6. The van der Waals surface area contributed by atoms with Crippen LogP contribution in [0.25, 0.3) is 11.6 Å². The Morgan fingerprint density at radius 2 is 1.45 bits per heavy atom. The fourth-order valence-corrected chi connectivity index (χ4v) is 5.01. The van der Waals surface area contributed by atoms with Crippen molar-refractivity contribution in [3.63, 3.8) is 0 Å². The minimum atomic E-state index is -0.948. The number of aryl methyl sites for hydroxylation is 1. The van der Waals surface area contributed by atoms with Crippen LogP contribution >= 0.6 is 0 Å². The van der Waals surface area contributed by atoms with E-state index in [0.717, 1.165) is 43.2 Å². The summed E-state index contributed by atoms with van der Waals surface area (Å²) in [7, 11) is 0. The van der Waals surface area contributed by atoms with Gasteiger partial charge in [0.2, 0.25) is 0 Å². The molecule has 154 valence electrons. The average Bonchev–Trinajstić information content (AvgIpc) is 2.69. The normalized spacial score (nSPS) is 21.6. The molecule has 0 atom stereocenters. The molecular weight excluding hydrogens is 376 g/mol. The minimum absolute atomic E-state index is 0.0381. The number of rotatable bonds is 4. The van der Waals surface area contributed by atoms with E-state index in [1.807, 2.05) is 0 Å². The van der Waals surface area contributed by atoms with Gasteiger partial charge in [0.15, 0.2) is 11.6 Å². The number of benzene rings is 2. The Hall–Kier alpha value is -2.10. The van der Waals surface area contributed by atoms with Crippen LogP contribution in [0.5, 0.6) is 0 Å². The van der Waals surface area contributed by atoms with Crippen molar-refractivity contribution in [2.24, 2.45) is 5.92 Å². The van der Waals surface area contributed by atoms with E-state index in [2.05, 4.69) is 6.92 Å². The lowest BCUT2D eigenvalue weighted by atomic mass is 9.77. The molecule has 1 fully saturated rings. The van der Waals surface area contributed by atoms with E-state index >= 15 is 0 Å². The SMILES string of the molecule is CCCC1CCC(c2cc(F)c(C3=Cc4cc(F)c(F)cc4CC3)c(F)c2)CC1. The van der Waals surface area contributed by atoms with Crippen molar-refractivity contribution in [2.45, 2.75) is 64.2 Å². The lowest BCUT2D eigenvalue weighted by Crippen LogP contribution is -2.14. The van der Waals surface area contributed by atoms with Gasteiger partial charge in [-0.05, 0) is 96.9 Å². The zero-order valence-corrected chi connectivity index (χ0v) is 16.7. The number of allylic oxidation sites excluding steroid dienone is 1. The summed E-state index contributed by atoms with van der Waals surface area (Å²) < 4.78 is 56.9. The quantitative estimate of drug-likeness (QED) is 0.458. The highest BCUT2D eigenvalue weighted by Gasteiger charge is 2.25. The second kappa shape index (κ2) is 8.33. The van der Waals surface area contributed by atoms with Crippen LogP contribution in [0.4, 0.5) is 17.6 Å². The molecule has 0 nitrogen and oxygen atoms in total. The standard InChI is InChI=1S/C25H26F4/c1-2-3-15-4-6-16(7-5-15)20-13-23(28)25(24(29)14-20)18-9-8-17-11-21(26)22(27)12-19(17)10-18/h10-16H,2-9H2,1H3. The minimum Gasteiger partial charge on any atom is -0.206 e. The third-order valence-electron chi connectivity index (χ3n) is 6.58. The highest BCUT2D eigenvalue weighted by Crippen LogP contribution is 2.40. The molecule has 2 aromatic rings. The zero-order chi connectivity index (χ0) is 20.5. The fourth-order valence-electron chi connectivity index (χ4n) is 5.01. The number of hydrogen-bond acceptors (Lipinski definition) is 0. The van der Waals surface area contributed by atoms with Crippen molar-refractivity contribution in [1.82, 2.24) is 0 Å². The van der Waals surface area contributed by atoms with Crippen LogP contribution < -0.4 is 0 Å². The largest absolute Gasteiger partial charge is 0.206 e. The third-order valence-corrected chi connectivity index (χ3v) is 6.58. The highest BCUT2D eigenvalue weighted by molar-refractivity contribution is 5.85. The average molecular weight is 402 g/mol. The van der Waals surface area contributed by atoms with Crippen molar-refractivity contribution < 1.29 is 17.6 Å². The Morgan fingerprint density at radius 3 is 2.10 bits per heavy atom. The third kappa shape index (κ3) is 4.12. The summed E-state index contributed by atoms with van der Waals surface area (Å²) in [6.07, 6.45) is 9.01.